The van der Waals surface area contributed by atoms with Gasteiger partial charge in [-0.3, -0.25) is 9.88 Å². The number of urea groups is 1. The van der Waals surface area contributed by atoms with Crippen LogP contribution >= 0.6 is 23.2 Å². The third-order valence-corrected chi connectivity index (χ3v) is 8.35. The number of benzene rings is 2. The van der Waals surface area contributed by atoms with Crippen LogP contribution in [0.4, 0.5) is 4.79 Å². The van der Waals surface area contributed by atoms with Crippen LogP contribution in [-0.2, 0) is 12.1 Å². The normalized spacial score (nSPS) is 23.0. The van der Waals surface area contributed by atoms with E-state index in [1.54, 1.807) is 0 Å². The van der Waals surface area contributed by atoms with Crippen molar-refractivity contribution in [2.75, 3.05) is 13.1 Å². The van der Waals surface area contributed by atoms with Crippen LogP contribution in [0.25, 0.3) is 0 Å². The Labute approximate surface area is 233 Å². The number of hydrogen-bond donors (Lipinski definition) is 4. The van der Waals surface area contributed by atoms with Crippen molar-refractivity contribution in [1.29, 1.82) is 0 Å². The molecule has 2 aromatic carbocycles. The number of piperidine rings is 1. The molecule has 5 N–H and O–H groups in total. The first kappa shape index (κ1) is 26.9. The Hall–Kier alpha value is -2.68. The van der Waals surface area contributed by atoms with E-state index in [0.29, 0.717) is 47.4 Å². The summed E-state index contributed by atoms with van der Waals surface area (Å²) in [6.45, 7) is 1.05. The number of rotatable bonds is 8. The van der Waals surface area contributed by atoms with E-state index in [9.17, 15) is 9.90 Å². The molecule has 2 aliphatic rings. The van der Waals surface area contributed by atoms with Crippen LogP contribution in [0, 0.1) is 0 Å². The largest absolute Gasteiger partial charge is 0.383 e. The van der Waals surface area contributed by atoms with Gasteiger partial charge in [0.1, 0.15) is 5.60 Å². The van der Waals surface area contributed by atoms with Gasteiger partial charge in [-0.25, -0.2) is 4.79 Å². The van der Waals surface area contributed by atoms with Crippen LogP contribution in [0.15, 0.2) is 66.7 Å². The van der Waals surface area contributed by atoms with Crippen LogP contribution in [0.1, 0.15) is 54.2 Å². The lowest BCUT2D eigenvalue weighted by Gasteiger charge is -2.47. The molecule has 0 radical (unpaired) electrons. The fourth-order valence-corrected chi connectivity index (χ4v) is 6.51. The number of nitrogens with zero attached hydrogens (tertiary/aromatic N) is 2. The number of amides is 2. The van der Waals surface area contributed by atoms with Crippen molar-refractivity contribution in [3.63, 3.8) is 0 Å². The molecule has 200 valence electrons. The number of hydrogen-bond acceptors (Lipinski definition) is 5. The minimum Gasteiger partial charge on any atom is -0.383 e. The molecule has 7 nitrogen and oxygen atoms in total. The maximum Gasteiger partial charge on any atom is 0.315 e. The highest BCUT2D eigenvalue weighted by atomic mass is 35.5. The number of nitrogens with one attached hydrogen (secondary N) is 2. The molecule has 2 atom stereocenters. The summed E-state index contributed by atoms with van der Waals surface area (Å²) in [5.74, 6) is 0. The smallest absolute Gasteiger partial charge is 0.315 e. The van der Waals surface area contributed by atoms with E-state index in [1.165, 1.54) is 0 Å². The Balaban J connectivity index is 1.40. The molecule has 2 fully saturated rings. The van der Waals surface area contributed by atoms with Gasteiger partial charge in [-0.15, -0.1) is 0 Å². The molecule has 2 amide bonds. The lowest BCUT2D eigenvalue weighted by molar-refractivity contribution is -0.0685. The van der Waals surface area contributed by atoms with Crippen molar-refractivity contribution < 1.29 is 9.90 Å². The van der Waals surface area contributed by atoms with E-state index in [0.717, 1.165) is 24.0 Å². The zero-order valence-corrected chi connectivity index (χ0v) is 22.6. The van der Waals surface area contributed by atoms with Crippen LogP contribution in [0.5, 0.6) is 0 Å². The van der Waals surface area contributed by atoms with Gasteiger partial charge in [0.15, 0.2) is 0 Å². The van der Waals surface area contributed by atoms with E-state index in [4.69, 9.17) is 33.9 Å². The molecule has 9 heteroatoms. The maximum atomic E-state index is 11.9. The van der Waals surface area contributed by atoms with Gasteiger partial charge < -0.3 is 21.5 Å². The van der Waals surface area contributed by atoms with Crippen LogP contribution in [0.2, 0.25) is 10.0 Å². The Morgan fingerprint density at radius 1 is 0.974 bits per heavy atom. The molecule has 2 unspecified atom stereocenters. The molecule has 0 spiro atoms. The summed E-state index contributed by atoms with van der Waals surface area (Å²) in [6, 6.07) is 21.3. The van der Waals surface area contributed by atoms with Crippen molar-refractivity contribution in [3.8, 4) is 0 Å². The number of nitrogens with two attached hydrogens (primary N) is 1. The summed E-state index contributed by atoms with van der Waals surface area (Å²) < 4.78 is 0. The summed E-state index contributed by atoms with van der Waals surface area (Å²) in [5, 5.41) is 18.8. The van der Waals surface area contributed by atoms with Crippen molar-refractivity contribution >= 4 is 29.2 Å². The second-order valence-electron chi connectivity index (χ2n) is 10.1. The average Bonchev–Trinajstić information content (AvgIpc) is 3.19. The highest BCUT2D eigenvalue weighted by molar-refractivity contribution is 6.32. The fraction of sp³-hybridized carbons (Fsp3) is 0.379. The van der Waals surface area contributed by atoms with E-state index < -0.39 is 5.60 Å². The Morgan fingerprint density at radius 3 is 2.16 bits per heavy atom. The number of carbonyl (C=O) groups is 1. The molecular formula is C29H33Cl2N5O2. The molecule has 0 saturated carbocycles. The fourth-order valence-electron chi connectivity index (χ4n) is 6.03. The Morgan fingerprint density at radius 2 is 1.58 bits per heavy atom. The quantitative estimate of drug-likeness (QED) is 0.322. The molecule has 0 aliphatic carbocycles. The summed E-state index contributed by atoms with van der Waals surface area (Å²) in [6.07, 6.45) is 3.05. The molecule has 1 aromatic heterocycles. The number of halogens is 2. The van der Waals surface area contributed by atoms with Gasteiger partial charge in [-0.05, 0) is 61.1 Å². The van der Waals surface area contributed by atoms with Crippen LogP contribution in [0.3, 0.4) is 0 Å². The molecule has 38 heavy (non-hydrogen) atoms. The van der Waals surface area contributed by atoms with Gasteiger partial charge in [-0.1, -0.05) is 65.7 Å². The maximum absolute atomic E-state index is 11.9. The van der Waals surface area contributed by atoms with Gasteiger partial charge in [0.2, 0.25) is 0 Å². The van der Waals surface area contributed by atoms with Crippen molar-refractivity contribution in [2.24, 2.45) is 5.73 Å². The molecule has 5 rings (SSSR count). The van der Waals surface area contributed by atoms with E-state index in [1.807, 2.05) is 54.6 Å². The van der Waals surface area contributed by atoms with E-state index >= 15 is 0 Å². The Kier molecular flexibility index (Phi) is 8.21. The van der Waals surface area contributed by atoms with Gasteiger partial charge in [0, 0.05) is 35.2 Å². The number of aromatic nitrogens is 1. The SMILES string of the molecule is NCCNC(=O)NCc1cccc(C2(O)CC3CCC(C2)N3C(c2ccccc2Cl)c2ccccc2Cl)n1. The van der Waals surface area contributed by atoms with Crippen LogP contribution in [-0.4, -0.2) is 46.2 Å². The topological polar surface area (TPSA) is 104 Å². The predicted octanol–water partition coefficient (Wildman–Crippen LogP) is 4.75. The van der Waals surface area contributed by atoms with Crippen molar-refractivity contribution in [3.05, 3.63) is 99.3 Å². The zero-order valence-electron chi connectivity index (χ0n) is 21.1. The second-order valence-corrected chi connectivity index (χ2v) is 10.9. The van der Waals surface area contributed by atoms with Gasteiger partial charge >= 0.3 is 6.03 Å². The molecular weight excluding hydrogens is 521 g/mol. The summed E-state index contributed by atoms with van der Waals surface area (Å²) in [7, 11) is 0. The lowest BCUT2D eigenvalue weighted by atomic mass is 9.81. The highest BCUT2D eigenvalue weighted by Gasteiger charge is 2.51. The average molecular weight is 555 g/mol. The highest BCUT2D eigenvalue weighted by Crippen LogP contribution is 2.51. The number of fused-ring (bicyclic) bond motifs is 2. The summed E-state index contributed by atoms with van der Waals surface area (Å²) in [4.78, 5) is 19.2. The van der Waals surface area contributed by atoms with Gasteiger partial charge in [-0.2, -0.15) is 0 Å². The van der Waals surface area contributed by atoms with E-state index in [-0.39, 0.29) is 30.7 Å². The lowest BCUT2D eigenvalue weighted by Crippen LogP contribution is -2.51. The number of carbonyl (C=O) groups excluding carboxylic acids is 1. The third-order valence-electron chi connectivity index (χ3n) is 7.66. The first-order chi connectivity index (χ1) is 18.4. The van der Waals surface area contributed by atoms with Gasteiger partial charge in [0.25, 0.3) is 0 Å². The first-order valence-electron chi connectivity index (χ1n) is 13.1. The number of pyridine rings is 1. The molecule has 2 bridgehead atoms. The summed E-state index contributed by atoms with van der Waals surface area (Å²) in [5.41, 5.74) is 7.74. The monoisotopic (exact) mass is 553 g/mol. The predicted molar refractivity (Wildman–Crippen MR) is 150 cm³/mol. The standard InChI is InChI=1S/C29H33Cl2N5O2/c30-24-9-3-1-7-22(24)27(23-8-2-4-10-25(23)31)36-20-12-13-21(36)17-29(38,16-20)26-11-5-6-19(35-26)18-34-28(37)33-15-14-32/h1-11,20-21,27,38H,12-18,32H2,(H2,33,34,37). The molecule has 3 heterocycles. The molecule has 3 aromatic rings. The van der Waals surface area contributed by atoms with E-state index in [2.05, 4.69) is 27.7 Å². The Bertz CT molecular complexity index is 1230. The minimum atomic E-state index is -1.06. The molecule has 2 aliphatic heterocycles. The zero-order chi connectivity index (χ0) is 26.7. The first-order valence-corrected chi connectivity index (χ1v) is 13.8. The third kappa shape index (κ3) is 5.53. The van der Waals surface area contributed by atoms with Crippen molar-refractivity contribution in [2.45, 2.75) is 56.0 Å². The number of aliphatic hydroxyl groups is 1. The second kappa shape index (κ2) is 11.6. The van der Waals surface area contributed by atoms with Crippen molar-refractivity contribution in [1.82, 2.24) is 20.5 Å². The van der Waals surface area contributed by atoms with Crippen LogP contribution < -0.4 is 16.4 Å². The molecule has 2 saturated heterocycles. The van der Waals surface area contributed by atoms with Gasteiger partial charge in [0.05, 0.1) is 24.0 Å². The summed E-state index contributed by atoms with van der Waals surface area (Å²) >= 11 is 13.5. The minimum absolute atomic E-state index is 0.116.